The number of aliphatic carboxylic acids is 1. The van der Waals surface area contributed by atoms with E-state index < -0.39 is 5.97 Å². The third-order valence-corrected chi connectivity index (χ3v) is 2.61. The number of rotatable bonds is 7. The standard InChI is InChI=1S/C13H14N2O5/c16-12(17)5-1-2-6-14-13(18)9-8-11(20-15-9)10-4-3-7-19-10/h3-4,7-8H,1-2,5-6H2,(H,14,18)(H,16,17). The summed E-state index contributed by atoms with van der Waals surface area (Å²) in [5, 5.41) is 14.8. The largest absolute Gasteiger partial charge is 0.481 e. The van der Waals surface area contributed by atoms with Gasteiger partial charge in [0.05, 0.1) is 6.26 Å². The molecule has 0 radical (unpaired) electrons. The highest BCUT2D eigenvalue weighted by molar-refractivity contribution is 5.92. The number of nitrogens with zero attached hydrogens (tertiary/aromatic N) is 1. The third-order valence-electron chi connectivity index (χ3n) is 2.61. The quantitative estimate of drug-likeness (QED) is 0.749. The van der Waals surface area contributed by atoms with E-state index in [0.717, 1.165) is 0 Å². The molecule has 0 bridgehead atoms. The van der Waals surface area contributed by atoms with Gasteiger partial charge in [0.15, 0.2) is 11.5 Å². The van der Waals surface area contributed by atoms with Crippen molar-refractivity contribution in [2.75, 3.05) is 6.54 Å². The van der Waals surface area contributed by atoms with Crippen molar-refractivity contribution >= 4 is 11.9 Å². The van der Waals surface area contributed by atoms with Crippen LogP contribution in [0.15, 0.2) is 33.4 Å². The lowest BCUT2D eigenvalue weighted by atomic mass is 10.2. The van der Waals surface area contributed by atoms with Gasteiger partial charge in [-0.2, -0.15) is 0 Å². The van der Waals surface area contributed by atoms with Crippen LogP contribution in [0.5, 0.6) is 0 Å². The Morgan fingerprint density at radius 1 is 1.30 bits per heavy atom. The monoisotopic (exact) mass is 278 g/mol. The van der Waals surface area contributed by atoms with Crippen LogP contribution in [0.25, 0.3) is 11.5 Å². The zero-order valence-corrected chi connectivity index (χ0v) is 10.7. The van der Waals surface area contributed by atoms with Gasteiger partial charge in [-0.15, -0.1) is 0 Å². The molecule has 20 heavy (non-hydrogen) atoms. The van der Waals surface area contributed by atoms with Crippen molar-refractivity contribution in [1.82, 2.24) is 10.5 Å². The molecule has 0 fully saturated rings. The minimum atomic E-state index is -0.837. The first kappa shape index (κ1) is 13.9. The number of aromatic nitrogens is 1. The maximum absolute atomic E-state index is 11.7. The van der Waals surface area contributed by atoms with Crippen molar-refractivity contribution < 1.29 is 23.6 Å². The third kappa shape index (κ3) is 3.71. The fourth-order valence-corrected chi connectivity index (χ4v) is 1.61. The number of hydrogen-bond donors (Lipinski definition) is 2. The first-order valence-corrected chi connectivity index (χ1v) is 6.17. The van der Waals surface area contributed by atoms with Gasteiger partial charge >= 0.3 is 5.97 Å². The maximum atomic E-state index is 11.7. The Balaban J connectivity index is 1.80. The summed E-state index contributed by atoms with van der Waals surface area (Å²) in [7, 11) is 0. The highest BCUT2D eigenvalue weighted by Gasteiger charge is 2.14. The number of unbranched alkanes of at least 4 members (excludes halogenated alkanes) is 1. The molecule has 0 spiro atoms. The maximum Gasteiger partial charge on any atom is 0.303 e. The SMILES string of the molecule is O=C(O)CCCCNC(=O)c1cc(-c2ccco2)on1. The number of amides is 1. The van der Waals surface area contributed by atoms with Crippen molar-refractivity contribution in [3.05, 3.63) is 30.2 Å². The molecule has 0 aliphatic rings. The van der Waals surface area contributed by atoms with Gasteiger partial charge in [-0.25, -0.2) is 0 Å². The molecule has 2 heterocycles. The Labute approximate surface area is 114 Å². The summed E-state index contributed by atoms with van der Waals surface area (Å²) < 4.78 is 10.1. The predicted molar refractivity (Wildman–Crippen MR) is 68.0 cm³/mol. The van der Waals surface area contributed by atoms with E-state index in [2.05, 4.69) is 10.5 Å². The van der Waals surface area contributed by atoms with Crippen LogP contribution in [-0.4, -0.2) is 28.7 Å². The fraction of sp³-hybridized carbons (Fsp3) is 0.308. The molecular weight excluding hydrogens is 264 g/mol. The molecule has 0 saturated carbocycles. The van der Waals surface area contributed by atoms with E-state index in [9.17, 15) is 9.59 Å². The molecule has 106 valence electrons. The summed E-state index contributed by atoms with van der Waals surface area (Å²) in [6.45, 7) is 0.398. The van der Waals surface area contributed by atoms with Crippen LogP contribution in [0, 0.1) is 0 Å². The summed E-state index contributed by atoms with van der Waals surface area (Å²) in [6, 6.07) is 4.90. The van der Waals surface area contributed by atoms with Crippen LogP contribution in [-0.2, 0) is 4.79 Å². The molecule has 1 amide bonds. The van der Waals surface area contributed by atoms with E-state index in [0.29, 0.717) is 30.9 Å². The van der Waals surface area contributed by atoms with Gasteiger partial charge in [0.1, 0.15) is 0 Å². The summed E-state index contributed by atoms with van der Waals surface area (Å²) in [5.41, 5.74) is 0.162. The Kier molecular flexibility index (Phi) is 4.54. The molecule has 2 N–H and O–H groups in total. The molecule has 0 saturated heterocycles. The molecular formula is C13H14N2O5. The molecule has 2 aromatic heterocycles. The van der Waals surface area contributed by atoms with Gasteiger partial charge in [-0.05, 0) is 25.0 Å². The van der Waals surface area contributed by atoms with E-state index in [1.54, 1.807) is 12.1 Å². The summed E-state index contributed by atoms with van der Waals surface area (Å²) in [5.74, 6) is -0.318. The summed E-state index contributed by atoms with van der Waals surface area (Å²) in [4.78, 5) is 22.1. The lowest BCUT2D eigenvalue weighted by molar-refractivity contribution is -0.137. The molecule has 7 nitrogen and oxygen atoms in total. The number of carbonyl (C=O) groups excluding carboxylic acids is 1. The second-order valence-electron chi connectivity index (χ2n) is 4.16. The normalized spacial score (nSPS) is 10.4. The number of carboxylic acids is 1. The first-order valence-electron chi connectivity index (χ1n) is 6.17. The van der Waals surface area contributed by atoms with Crippen LogP contribution >= 0.6 is 0 Å². The Bertz CT molecular complexity index is 573. The molecule has 0 aliphatic carbocycles. The van der Waals surface area contributed by atoms with Gasteiger partial charge in [-0.1, -0.05) is 5.16 Å². The van der Waals surface area contributed by atoms with E-state index in [4.69, 9.17) is 14.0 Å². The number of nitrogens with one attached hydrogen (secondary N) is 1. The molecule has 2 rings (SSSR count). The smallest absolute Gasteiger partial charge is 0.303 e. The van der Waals surface area contributed by atoms with Gasteiger partial charge in [-0.3, -0.25) is 9.59 Å². The zero-order chi connectivity index (χ0) is 14.4. The second kappa shape index (κ2) is 6.55. The lowest BCUT2D eigenvalue weighted by Crippen LogP contribution is -2.24. The predicted octanol–water partition coefficient (Wildman–Crippen LogP) is 1.92. The van der Waals surface area contributed by atoms with Gasteiger partial charge < -0.3 is 19.4 Å². The van der Waals surface area contributed by atoms with Crippen molar-refractivity contribution in [2.24, 2.45) is 0 Å². The van der Waals surface area contributed by atoms with Crippen LogP contribution in [0.4, 0.5) is 0 Å². The highest BCUT2D eigenvalue weighted by Crippen LogP contribution is 2.20. The zero-order valence-electron chi connectivity index (χ0n) is 10.7. The van der Waals surface area contributed by atoms with Crippen LogP contribution in [0.2, 0.25) is 0 Å². The number of carboxylic acid groups (broad SMARTS) is 1. The average molecular weight is 278 g/mol. The molecule has 0 aromatic carbocycles. The summed E-state index contributed by atoms with van der Waals surface area (Å²) >= 11 is 0. The van der Waals surface area contributed by atoms with E-state index in [1.807, 2.05) is 0 Å². The average Bonchev–Trinajstić information content (AvgIpc) is 3.08. The van der Waals surface area contributed by atoms with E-state index >= 15 is 0 Å². The van der Waals surface area contributed by atoms with Crippen LogP contribution in [0.3, 0.4) is 0 Å². The van der Waals surface area contributed by atoms with Gasteiger partial charge in [0.25, 0.3) is 5.91 Å². The van der Waals surface area contributed by atoms with Crippen molar-refractivity contribution in [3.63, 3.8) is 0 Å². The molecule has 7 heteroatoms. The molecule has 2 aromatic rings. The van der Waals surface area contributed by atoms with Gasteiger partial charge in [0.2, 0.25) is 5.76 Å². The first-order chi connectivity index (χ1) is 9.66. The number of furan rings is 1. The Morgan fingerprint density at radius 2 is 2.15 bits per heavy atom. The lowest BCUT2D eigenvalue weighted by Gasteiger charge is -2.01. The van der Waals surface area contributed by atoms with Crippen molar-refractivity contribution in [3.8, 4) is 11.5 Å². The minimum absolute atomic E-state index is 0.0997. The second-order valence-corrected chi connectivity index (χ2v) is 4.16. The number of hydrogen-bond acceptors (Lipinski definition) is 5. The Morgan fingerprint density at radius 3 is 2.85 bits per heavy atom. The number of carbonyl (C=O) groups is 2. The molecule has 0 aliphatic heterocycles. The highest BCUT2D eigenvalue weighted by atomic mass is 16.5. The minimum Gasteiger partial charge on any atom is -0.481 e. The van der Waals surface area contributed by atoms with E-state index in [-0.39, 0.29) is 18.0 Å². The molecule has 0 unspecified atom stereocenters. The fourth-order valence-electron chi connectivity index (χ4n) is 1.61. The Hall–Kier alpha value is -2.57. The topological polar surface area (TPSA) is 106 Å². The van der Waals surface area contributed by atoms with Crippen LogP contribution in [0.1, 0.15) is 29.8 Å². The van der Waals surface area contributed by atoms with Crippen LogP contribution < -0.4 is 5.32 Å². The van der Waals surface area contributed by atoms with E-state index in [1.165, 1.54) is 12.3 Å². The van der Waals surface area contributed by atoms with Gasteiger partial charge in [0, 0.05) is 19.0 Å². The van der Waals surface area contributed by atoms with Crippen molar-refractivity contribution in [2.45, 2.75) is 19.3 Å². The molecule has 0 atom stereocenters. The van der Waals surface area contributed by atoms with Crippen molar-refractivity contribution in [1.29, 1.82) is 0 Å². The summed E-state index contributed by atoms with van der Waals surface area (Å²) in [6.07, 6.45) is 2.72.